The van der Waals surface area contributed by atoms with E-state index in [0.717, 1.165) is 33.4 Å². The van der Waals surface area contributed by atoms with Crippen LogP contribution >= 0.6 is 0 Å². The highest BCUT2D eigenvalue weighted by atomic mass is 15.0. The highest BCUT2D eigenvalue weighted by Gasteiger charge is 2.35. The Morgan fingerprint density at radius 3 is 1.64 bits per heavy atom. The molecule has 1 aliphatic carbocycles. The van der Waals surface area contributed by atoms with Crippen molar-refractivity contribution in [3.63, 3.8) is 0 Å². The molecule has 0 atom stereocenters. The third-order valence-corrected chi connectivity index (χ3v) is 11.9. The van der Waals surface area contributed by atoms with E-state index >= 15 is 0 Å². The van der Waals surface area contributed by atoms with Gasteiger partial charge >= 0.3 is 0 Å². The summed E-state index contributed by atoms with van der Waals surface area (Å²) in [6.07, 6.45) is 0. The molecule has 4 heteroatoms. The van der Waals surface area contributed by atoms with Gasteiger partial charge in [0.2, 0.25) is 0 Å². The quantitative estimate of drug-likeness (QED) is 0.170. The monoisotopic (exact) mass is 742 g/mol. The summed E-state index contributed by atoms with van der Waals surface area (Å²) in [5, 5.41) is 2.47. The van der Waals surface area contributed by atoms with Gasteiger partial charge in [-0.05, 0) is 74.8 Å². The molecule has 0 saturated carbocycles. The zero-order chi connectivity index (χ0) is 38.8. The van der Waals surface area contributed by atoms with Gasteiger partial charge < -0.3 is 4.57 Å². The van der Waals surface area contributed by atoms with Crippen molar-refractivity contribution in [2.45, 2.75) is 19.3 Å². The van der Waals surface area contributed by atoms with E-state index in [0.29, 0.717) is 17.5 Å². The number of hydrogen-bond acceptors (Lipinski definition) is 3. The predicted molar refractivity (Wildman–Crippen MR) is 239 cm³/mol. The Morgan fingerprint density at radius 2 is 0.862 bits per heavy atom. The largest absolute Gasteiger partial charge is 0.309 e. The maximum Gasteiger partial charge on any atom is 0.164 e. The Kier molecular flexibility index (Phi) is 7.80. The van der Waals surface area contributed by atoms with Crippen LogP contribution in [0.5, 0.6) is 0 Å². The van der Waals surface area contributed by atoms with Crippen LogP contribution in [0.2, 0.25) is 0 Å². The van der Waals surface area contributed by atoms with Crippen molar-refractivity contribution in [2.75, 3.05) is 0 Å². The maximum absolute atomic E-state index is 5.10. The van der Waals surface area contributed by atoms with E-state index in [1.807, 2.05) is 36.4 Å². The van der Waals surface area contributed by atoms with Gasteiger partial charge in [-0.2, -0.15) is 0 Å². The summed E-state index contributed by atoms with van der Waals surface area (Å²) < 4.78 is 2.44. The molecule has 0 aliphatic heterocycles. The molecule has 0 unspecified atom stereocenters. The highest BCUT2D eigenvalue weighted by Crippen LogP contribution is 2.49. The summed E-state index contributed by atoms with van der Waals surface area (Å²) in [6.45, 7) is 4.69. The molecule has 58 heavy (non-hydrogen) atoms. The first-order valence-corrected chi connectivity index (χ1v) is 19.9. The molecule has 0 radical (unpaired) electrons. The van der Waals surface area contributed by atoms with Crippen LogP contribution in [0, 0.1) is 0 Å². The van der Waals surface area contributed by atoms with Crippen LogP contribution in [-0.2, 0) is 5.41 Å². The Bertz CT molecular complexity index is 3180. The topological polar surface area (TPSA) is 43.6 Å². The van der Waals surface area contributed by atoms with Crippen LogP contribution in [0.15, 0.2) is 194 Å². The standard InChI is InChI=1S/C54H38N4/c1-54(2)47-22-11-9-20-43(47)44-31-29-42(34-48(44)54)58-49-23-12-10-21-45(49)46-30-28-40(33-50(46)58)39-18-13-19-41(32-39)53-56-51(37-16-7-4-8-17-37)55-52(57-53)38-26-24-36(25-27-38)35-14-5-3-6-15-35/h3-34H,1-2H3. The minimum Gasteiger partial charge on any atom is -0.309 e. The summed E-state index contributed by atoms with van der Waals surface area (Å²) in [7, 11) is 0. The van der Waals surface area contributed by atoms with Gasteiger partial charge in [0.15, 0.2) is 17.5 Å². The molecule has 1 aliphatic rings. The van der Waals surface area contributed by atoms with Gasteiger partial charge in [0, 0.05) is 38.6 Å². The fourth-order valence-corrected chi connectivity index (χ4v) is 8.89. The molecule has 0 bridgehead atoms. The smallest absolute Gasteiger partial charge is 0.164 e. The number of hydrogen-bond donors (Lipinski definition) is 0. The molecule has 11 rings (SSSR count). The number of para-hydroxylation sites is 1. The molecular weight excluding hydrogens is 705 g/mol. The molecule has 0 N–H and O–H groups in total. The number of aromatic nitrogens is 4. The fraction of sp³-hybridized carbons (Fsp3) is 0.0556. The number of benzene rings is 8. The summed E-state index contributed by atoms with van der Waals surface area (Å²) in [6, 6.07) is 69.1. The zero-order valence-electron chi connectivity index (χ0n) is 32.3. The van der Waals surface area contributed by atoms with Crippen molar-refractivity contribution in [1.82, 2.24) is 19.5 Å². The van der Waals surface area contributed by atoms with Crippen molar-refractivity contribution < 1.29 is 0 Å². The molecule has 2 heterocycles. The van der Waals surface area contributed by atoms with Gasteiger partial charge in [-0.15, -0.1) is 0 Å². The lowest BCUT2D eigenvalue weighted by molar-refractivity contribution is 0.660. The average Bonchev–Trinajstić information content (AvgIpc) is 3.74. The second-order valence-corrected chi connectivity index (χ2v) is 15.7. The summed E-state index contributed by atoms with van der Waals surface area (Å²) >= 11 is 0. The Hall–Kier alpha value is -7.43. The van der Waals surface area contributed by atoms with Crippen LogP contribution in [0.3, 0.4) is 0 Å². The molecule has 10 aromatic rings. The minimum atomic E-state index is -0.0901. The van der Waals surface area contributed by atoms with Gasteiger partial charge in [-0.1, -0.05) is 178 Å². The van der Waals surface area contributed by atoms with Gasteiger partial charge in [-0.25, -0.2) is 15.0 Å². The lowest BCUT2D eigenvalue weighted by Crippen LogP contribution is -2.15. The first-order valence-electron chi connectivity index (χ1n) is 19.9. The van der Waals surface area contributed by atoms with Gasteiger partial charge in [0.05, 0.1) is 11.0 Å². The van der Waals surface area contributed by atoms with E-state index in [-0.39, 0.29) is 5.41 Å². The van der Waals surface area contributed by atoms with E-state index in [4.69, 9.17) is 15.0 Å². The predicted octanol–water partition coefficient (Wildman–Crippen LogP) is 13.6. The number of nitrogens with zero attached hydrogens (tertiary/aromatic N) is 4. The summed E-state index contributed by atoms with van der Waals surface area (Å²) in [5.74, 6) is 1.92. The summed E-state index contributed by atoms with van der Waals surface area (Å²) in [4.78, 5) is 15.2. The second kappa shape index (κ2) is 13.4. The molecule has 4 nitrogen and oxygen atoms in total. The maximum atomic E-state index is 5.10. The van der Waals surface area contributed by atoms with E-state index in [1.54, 1.807) is 0 Å². The molecule has 0 saturated heterocycles. The van der Waals surface area contributed by atoms with Crippen LogP contribution in [0.4, 0.5) is 0 Å². The average molecular weight is 743 g/mol. The lowest BCUT2D eigenvalue weighted by Gasteiger charge is -2.22. The molecule has 2 aromatic heterocycles. The number of rotatable bonds is 6. The van der Waals surface area contributed by atoms with Crippen molar-refractivity contribution in [3.05, 3.63) is 205 Å². The van der Waals surface area contributed by atoms with Crippen LogP contribution < -0.4 is 0 Å². The van der Waals surface area contributed by atoms with E-state index in [2.05, 4.69) is 176 Å². The first kappa shape index (κ1) is 33.9. The van der Waals surface area contributed by atoms with Crippen LogP contribution in [0.25, 0.3) is 95.0 Å². The number of fused-ring (bicyclic) bond motifs is 6. The van der Waals surface area contributed by atoms with E-state index in [9.17, 15) is 0 Å². The lowest BCUT2D eigenvalue weighted by atomic mass is 9.82. The third kappa shape index (κ3) is 5.56. The van der Waals surface area contributed by atoms with Crippen molar-refractivity contribution >= 4 is 21.8 Å². The molecule has 0 amide bonds. The van der Waals surface area contributed by atoms with Crippen LogP contribution in [-0.4, -0.2) is 19.5 Å². The van der Waals surface area contributed by atoms with E-state index < -0.39 is 0 Å². The Labute approximate surface area is 337 Å². The summed E-state index contributed by atoms with van der Waals surface area (Å²) in [5.41, 5.74) is 16.2. The first-order chi connectivity index (χ1) is 28.5. The van der Waals surface area contributed by atoms with Gasteiger partial charge in [-0.3, -0.25) is 0 Å². The fourth-order valence-electron chi connectivity index (χ4n) is 8.89. The van der Waals surface area contributed by atoms with Crippen molar-refractivity contribution in [2.24, 2.45) is 0 Å². The molecule has 0 spiro atoms. The normalized spacial score (nSPS) is 12.8. The molecule has 8 aromatic carbocycles. The molecular formula is C54H38N4. The SMILES string of the molecule is CC1(C)c2ccccc2-c2ccc(-n3c4ccccc4c4ccc(-c5cccc(-c6nc(-c7ccccc7)nc(-c7ccc(-c8ccccc8)cc7)n6)c5)cc43)cc21. The van der Waals surface area contributed by atoms with Gasteiger partial charge in [0.1, 0.15) is 0 Å². The Balaban J connectivity index is 1.02. The molecule has 0 fully saturated rings. The van der Waals surface area contributed by atoms with Crippen molar-refractivity contribution in [1.29, 1.82) is 0 Å². The highest BCUT2D eigenvalue weighted by molar-refractivity contribution is 6.10. The minimum absolute atomic E-state index is 0.0901. The van der Waals surface area contributed by atoms with Crippen LogP contribution in [0.1, 0.15) is 25.0 Å². The third-order valence-electron chi connectivity index (χ3n) is 11.9. The second-order valence-electron chi connectivity index (χ2n) is 15.7. The van der Waals surface area contributed by atoms with Crippen molar-refractivity contribution in [3.8, 4) is 73.2 Å². The van der Waals surface area contributed by atoms with E-state index in [1.165, 1.54) is 55.3 Å². The molecule has 274 valence electrons. The Morgan fingerprint density at radius 1 is 0.345 bits per heavy atom. The zero-order valence-corrected chi connectivity index (χ0v) is 32.3. The van der Waals surface area contributed by atoms with Gasteiger partial charge in [0.25, 0.3) is 0 Å².